The Hall–Kier alpha value is -0.370. The lowest BCUT2D eigenvalue weighted by Crippen LogP contribution is -2.41. The van der Waals surface area contributed by atoms with Crippen LogP contribution in [-0.2, 0) is 4.79 Å². The summed E-state index contributed by atoms with van der Waals surface area (Å²) < 4.78 is 0. The normalized spacial score (nSPS) is 39.8. The third-order valence-corrected chi connectivity index (χ3v) is 2.78. The Morgan fingerprint density at radius 1 is 1.40 bits per heavy atom. The van der Waals surface area contributed by atoms with Gasteiger partial charge in [-0.3, -0.25) is 4.79 Å². The van der Waals surface area contributed by atoms with Crippen molar-refractivity contribution in [1.82, 2.24) is 5.32 Å². The average molecular weight is 139 g/mol. The van der Waals surface area contributed by atoms with Crippen LogP contribution in [0.4, 0.5) is 0 Å². The molecular weight excluding hydrogens is 126 g/mol. The van der Waals surface area contributed by atoms with E-state index >= 15 is 0 Å². The largest absolute Gasteiger partial charge is 0.310 e. The van der Waals surface area contributed by atoms with E-state index in [1.165, 1.54) is 12.8 Å². The van der Waals surface area contributed by atoms with Crippen LogP contribution in [0, 0.1) is 11.8 Å². The SMILES string of the molecule is O=C1CNCC2CCCC12. The first-order chi connectivity index (χ1) is 4.88. The molecule has 2 unspecified atom stereocenters. The minimum Gasteiger partial charge on any atom is -0.310 e. The van der Waals surface area contributed by atoms with Crippen molar-refractivity contribution in [3.63, 3.8) is 0 Å². The third-order valence-electron chi connectivity index (χ3n) is 2.78. The summed E-state index contributed by atoms with van der Waals surface area (Å²) in [6, 6.07) is 0. The molecule has 0 aromatic carbocycles. The standard InChI is InChI=1S/C8H13NO/c10-8-5-9-4-6-2-1-3-7(6)8/h6-7,9H,1-5H2. The van der Waals surface area contributed by atoms with E-state index < -0.39 is 0 Å². The molecule has 2 heteroatoms. The zero-order chi connectivity index (χ0) is 6.97. The maximum Gasteiger partial charge on any atom is 0.150 e. The molecule has 1 saturated carbocycles. The van der Waals surface area contributed by atoms with Gasteiger partial charge in [0.1, 0.15) is 5.78 Å². The number of carbonyl (C=O) groups excluding carboxylic acids is 1. The summed E-state index contributed by atoms with van der Waals surface area (Å²) in [5, 5.41) is 3.16. The quantitative estimate of drug-likeness (QED) is 0.531. The Morgan fingerprint density at radius 3 is 3.10 bits per heavy atom. The number of rotatable bonds is 0. The molecule has 1 aliphatic heterocycles. The van der Waals surface area contributed by atoms with Crippen molar-refractivity contribution < 1.29 is 4.79 Å². The third kappa shape index (κ3) is 0.870. The number of piperidine rings is 1. The minimum atomic E-state index is 0.432. The number of fused-ring (bicyclic) bond motifs is 1. The molecule has 0 aromatic rings. The molecule has 2 fully saturated rings. The van der Waals surface area contributed by atoms with Gasteiger partial charge in [0.05, 0.1) is 6.54 Å². The molecule has 2 aliphatic rings. The second-order valence-corrected chi connectivity index (χ2v) is 3.39. The predicted octanol–water partition coefficient (Wildman–Crippen LogP) is 0.575. The average Bonchev–Trinajstić information content (AvgIpc) is 2.36. The number of hydrogen-bond donors (Lipinski definition) is 1. The number of carbonyl (C=O) groups is 1. The Balaban J connectivity index is 2.10. The zero-order valence-corrected chi connectivity index (χ0v) is 6.10. The van der Waals surface area contributed by atoms with Gasteiger partial charge in [0, 0.05) is 5.92 Å². The van der Waals surface area contributed by atoms with Crippen molar-refractivity contribution in [2.24, 2.45) is 11.8 Å². The van der Waals surface area contributed by atoms with Gasteiger partial charge in [-0.1, -0.05) is 6.42 Å². The lowest BCUT2D eigenvalue weighted by Gasteiger charge is -2.24. The number of ketones is 1. The lowest BCUT2D eigenvalue weighted by atomic mass is 9.89. The second kappa shape index (κ2) is 2.35. The fourth-order valence-electron chi connectivity index (χ4n) is 2.22. The summed E-state index contributed by atoms with van der Waals surface area (Å²) in [6.45, 7) is 1.71. The van der Waals surface area contributed by atoms with E-state index in [0.29, 0.717) is 24.2 Å². The molecule has 1 N–H and O–H groups in total. The van der Waals surface area contributed by atoms with Crippen LogP contribution in [0.2, 0.25) is 0 Å². The van der Waals surface area contributed by atoms with Crippen LogP contribution in [0.5, 0.6) is 0 Å². The first kappa shape index (κ1) is 6.35. The molecule has 1 heterocycles. The van der Waals surface area contributed by atoms with Crippen LogP contribution in [0.1, 0.15) is 19.3 Å². The highest BCUT2D eigenvalue weighted by Gasteiger charge is 2.34. The summed E-state index contributed by atoms with van der Waals surface area (Å²) in [4.78, 5) is 11.2. The van der Waals surface area contributed by atoms with Gasteiger partial charge in [0.25, 0.3) is 0 Å². The predicted molar refractivity (Wildman–Crippen MR) is 38.7 cm³/mol. The van der Waals surface area contributed by atoms with E-state index in [4.69, 9.17) is 0 Å². The molecule has 0 radical (unpaired) electrons. The number of hydrogen-bond acceptors (Lipinski definition) is 2. The van der Waals surface area contributed by atoms with Crippen molar-refractivity contribution in [3.8, 4) is 0 Å². The number of nitrogens with one attached hydrogen (secondary N) is 1. The molecule has 0 amide bonds. The van der Waals surface area contributed by atoms with Crippen molar-refractivity contribution in [3.05, 3.63) is 0 Å². The molecule has 0 aromatic heterocycles. The van der Waals surface area contributed by atoms with E-state index in [9.17, 15) is 4.79 Å². The maximum absolute atomic E-state index is 11.2. The molecule has 56 valence electrons. The van der Waals surface area contributed by atoms with E-state index in [2.05, 4.69) is 5.32 Å². The minimum absolute atomic E-state index is 0.432. The monoisotopic (exact) mass is 139 g/mol. The van der Waals surface area contributed by atoms with Crippen molar-refractivity contribution in [2.45, 2.75) is 19.3 Å². The highest BCUT2D eigenvalue weighted by atomic mass is 16.1. The molecule has 2 nitrogen and oxygen atoms in total. The fourth-order valence-corrected chi connectivity index (χ4v) is 2.22. The summed E-state index contributed by atoms with van der Waals surface area (Å²) >= 11 is 0. The molecule has 2 atom stereocenters. The van der Waals surface area contributed by atoms with Crippen LogP contribution in [-0.4, -0.2) is 18.9 Å². The van der Waals surface area contributed by atoms with Crippen LogP contribution in [0.3, 0.4) is 0 Å². The first-order valence-corrected chi connectivity index (χ1v) is 4.11. The summed E-state index contributed by atoms with van der Waals surface area (Å²) in [6.07, 6.45) is 3.69. The smallest absolute Gasteiger partial charge is 0.150 e. The highest BCUT2D eigenvalue weighted by molar-refractivity contribution is 5.84. The van der Waals surface area contributed by atoms with Crippen LogP contribution in [0.25, 0.3) is 0 Å². The van der Waals surface area contributed by atoms with Crippen molar-refractivity contribution in [1.29, 1.82) is 0 Å². The van der Waals surface area contributed by atoms with Gasteiger partial charge in [-0.15, -0.1) is 0 Å². The maximum atomic E-state index is 11.2. The Kier molecular flexibility index (Phi) is 1.49. The van der Waals surface area contributed by atoms with Gasteiger partial charge in [0.15, 0.2) is 0 Å². The Labute approximate surface area is 61.0 Å². The van der Waals surface area contributed by atoms with Crippen molar-refractivity contribution >= 4 is 5.78 Å². The van der Waals surface area contributed by atoms with Gasteiger partial charge >= 0.3 is 0 Å². The molecule has 1 aliphatic carbocycles. The van der Waals surface area contributed by atoms with E-state index in [1.807, 2.05) is 0 Å². The topological polar surface area (TPSA) is 29.1 Å². The van der Waals surface area contributed by atoms with Gasteiger partial charge in [-0.25, -0.2) is 0 Å². The molecule has 10 heavy (non-hydrogen) atoms. The fraction of sp³-hybridized carbons (Fsp3) is 0.875. The molecule has 0 bridgehead atoms. The van der Waals surface area contributed by atoms with Gasteiger partial charge in [-0.05, 0) is 25.3 Å². The van der Waals surface area contributed by atoms with Crippen LogP contribution in [0.15, 0.2) is 0 Å². The van der Waals surface area contributed by atoms with Crippen LogP contribution >= 0.6 is 0 Å². The van der Waals surface area contributed by atoms with Gasteiger partial charge in [-0.2, -0.15) is 0 Å². The van der Waals surface area contributed by atoms with E-state index in [1.54, 1.807) is 0 Å². The van der Waals surface area contributed by atoms with Crippen molar-refractivity contribution in [2.75, 3.05) is 13.1 Å². The van der Waals surface area contributed by atoms with Gasteiger partial charge < -0.3 is 5.32 Å². The molecule has 1 saturated heterocycles. The Bertz CT molecular complexity index is 155. The van der Waals surface area contributed by atoms with E-state index in [-0.39, 0.29) is 0 Å². The first-order valence-electron chi connectivity index (χ1n) is 4.11. The lowest BCUT2D eigenvalue weighted by molar-refractivity contribution is -0.124. The molecular formula is C8H13NO. The van der Waals surface area contributed by atoms with E-state index in [0.717, 1.165) is 13.0 Å². The summed E-state index contributed by atoms with van der Waals surface area (Å²) in [7, 11) is 0. The zero-order valence-electron chi connectivity index (χ0n) is 6.10. The summed E-state index contributed by atoms with van der Waals surface area (Å²) in [5.41, 5.74) is 0. The Morgan fingerprint density at radius 2 is 2.30 bits per heavy atom. The number of Topliss-reactive ketones (excluding diaryl/α,β-unsaturated/α-hetero) is 1. The van der Waals surface area contributed by atoms with Crippen LogP contribution < -0.4 is 5.32 Å². The summed E-state index contributed by atoms with van der Waals surface area (Å²) in [5.74, 6) is 1.57. The molecule has 0 spiro atoms. The highest BCUT2D eigenvalue weighted by Crippen LogP contribution is 2.33. The molecule has 2 rings (SSSR count). The van der Waals surface area contributed by atoms with Gasteiger partial charge in [0.2, 0.25) is 0 Å². The second-order valence-electron chi connectivity index (χ2n) is 3.39.